The Hall–Kier alpha value is -1.95. The van der Waals surface area contributed by atoms with E-state index in [0.717, 1.165) is 37.3 Å². The number of rotatable bonds is 2. The van der Waals surface area contributed by atoms with Gasteiger partial charge in [0.2, 0.25) is 0 Å². The Morgan fingerprint density at radius 2 is 1.95 bits per heavy atom. The van der Waals surface area contributed by atoms with Crippen molar-refractivity contribution in [2.75, 3.05) is 13.1 Å². The summed E-state index contributed by atoms with van der Waals surface area (Å²) in [7, 11) is 0. The monoisotopic (exact) mass is 273 g/mol. The van der Waals surface area contributed by atoms with Crippen LogP contribution < -0.4 is 10.9 Å². The molecule has 0 spiro atoms. The Balaban J connectivity index is 2.01. The third-order valence-corrected chi connectivity index (χ3v) is 3.69. The van der Waals surface area contributed by atoms with Crippen LogP contribution in [0.4, 0.5) is 0 Å². The molecule has 1 aliphatic rings. The molecule has 0 atom stereocenters. The summed E-state index contributed by atoms with van der Waals surface area (Å²) in [5.41, 5.74) is 1.93. The minimum absolute atomic E-state index is 0.0396. The molecule has 0 unspecified atom stereocenters. The fourth-order valence-corrected chi connectivity index (χ4v) is 2.70. The normalized spacial score (nSPS) is 16.5. The zero-order chi connectivity index (χ0) is 14.1. The van der Waals surface area contributed by atoms with Gasteiger partial charge in [-0.05, 0) is 51.9 Å². The second-order valence-corrected chi connectivity index (χ2v) is 5.29. The van der Waals surface area contributed by atoms with Crippen molar-refractivity contribution in [2.45, 2.75) is 32.7 Å². The quantitative estimate of drug-likeness (QED) is 0.885. The van der Waals surface area contributed by atoms with Gasteiger partial charge in [0, 0.05) is 11.8 Å². The largest absolute Gasteiger partial charge is 0.317 e. The number of aryl methyl sites for hydroxylation is 2. The number of nitrogens with one attached hydrogen (secondary N) is 1. The maximum Gasteiger partial charge on any atom is 0.267 e. The molecule has 1 N–H and O–H groups in total. The van der Waals surface area contributed by atoms with Crippen LogP contribution in [0.15, 0.2) is 23.0 Å². The first-order valence-corrected chi connectivity index (χ1v) is 6.99. The standard InChI is InChI=1S/C14H19N5O/c1-10-9-11(2)18(16-10)13-3-4-14(20)19(17-13)12-5-7-15-8-6-12/h3-4,9,12,15H,5-8H2,1-2H3. The first kappa shape index (κ1) is 13.1. The highest BCUT2D eigenvalue weighted by Crippen LogP contribution is 2.16. The number of hydrogen-bond acceptors (Lipinski definition) is 4. The number of piperidine rings is 1. The van der Waals surface area contributed by atoms with Crippen LogP contribution in [-0.2, 0) is 0 Å². The summed E-state index contributed by atoms with van der Waals surface area (Å²) >= 11 is 0. The molecule has 0 saturated carbocycles. The van der Waals surface area contributed by atoms with E-state index >= 15 is 0 Å². The van der Waals surface area contributed by atoms with E-state index in [1.807, 2.05) is 19.9 Å². The molecule has 0 amide bonds. The highest BCUT2D eigenvalue weighted by atomic mass is 16.1. The van der Waals surface area contributed by atoms with Crippen molar-refractivity contribution in [2.24, 2.45) is 0 Å². The summed E-state index contributed by atoms with van der Waals surface area (Å²) < 4.78 is 3.40. The summed E-state index contributed by atoms with van der Waals surface area (Å²) in [6.45, 7) is 5.81. The van der Waals surface area contributed by atoms with Crippen molar-refractivity contribution in [3.8, 4) is 5.82 Å². The molecule has 0 radical (unpaired) electrons. The highest BCUT2D eigenvalue weighted by molar-refractivity contribution is 5.23. The molecule has 1 fully saturated rings. The lowest BCUT2D eigenvalue weighted by molar-refractivity contribution is 0.330. The molecule has 1 saturated heterocycles. The average Bonchev–Trinajstić information content (AvgIpc) is 2.79. The van der Waals surface area contributed by atoms with Gasteiger partial charge in [0.15, 0.2) is 5.82 Å². The minimum atomic E-state index is -0.0396. The smallest absolute Gasteiger partial charge is 0.267 e. The molecule has 106 valence electrons. The van der Waals surface area contributed by atoms with Gasteiger partial charge in [-0.1, -0.05) is 0 Å². The molecule has 6 heteroatoms. The Bertz CT molecular complexity index is 666. The molecule has 1 aliphatic heterocycles. The summed E-state index contributed by atoms with van der Waals surface area (Å²) in [6, 6.07) is 5.50. The van der Waals surface area contributed by atoms with Crippen molar-refractivity contribution >= 4 is 0 Å². The number of aromatic nitrogens is 4. The molecule has 0 aromatic carbocycles. The van der Waals surface area contributed by atoms with Gasteiger partial charge in [0.05, 0.1) is 11.7 Å². The van der Waals surface area contributed by atoms with E-state index in [2.05, 4.69) is 15.5 Å². The summed E-state index contributed by atoms with van der Waals surface area (Å²) in [5.74, 6) is 0.703. The topological polar surface area (TPSA) is 64.7 Å². The molecular weight excluding hydrogens is 254 g/mol. The maximum absolute atomic E-state index is 12.0. The van der Waals surface area contributed by atoms with Crippen LogP contribution >= 0.6 is 0 Å². The SMILES string of the molecule is Cc1cc(C)n(-c2ccc(=O)n(C3CCNCC3)n2)n1. The average molecular weight is 273 g/mol. The van der Waals surface area contributed by atoms with Crippen LogP contribution in [0.2, 0.25) is 0 Å². The van der Waals surface area contributed by atoms with Gasteiger partial charge >= 0.3 is 0 Å². The van der Waals surface area contributed by atoms with E-state index in [-0.39, 0.29) is 11.6 Å². The predicted octanol–water partition coefficient (Wildman–Crippen LogP) is 0.970. The van der Waals surface area contributed by atoms with Crippen molar-refractivity contribution in [3.05, 3.63) is 39.9 Å². The molecule has 3 heterocycles. The van der Waals surface area contributed by atoms with E-state index in [0.29, 0.717) is 5.82 Å². The lowest BCUT2D eigenvalue weighted by Gasteiger charge is -2.23. The molecule has 2 aromatic heterocycles. The lowest BCUT2D eigenvalue weighted by Crippen LogP contribution is -2.35. The second kappa shape index (κ2) is 5.20. The summed E-state index contributed by atoms with van der Waals surface area (Å²) in [5, 5.41) is 12.2. The molecule has 0 aliphatic carbocycles. The van der Waals surface area contributed by atoms with Crippen LogP contribution in [0.1, 0.15) is 30.3 Å². The van der Waals surface area contributed by atoms with E-state index in [9.17, 15) is 4.79 Å². The zero-order valence-corrected chi connectivity index (χ0v) is 11.8. The van der Waals surface area contributed by atoms with Crippen LogP contribution in [0.3, 0.4) is 0 Å². The van der Waals surface area contributed by atoms with Gasteiger partial charge < -0.3 is 5.32 Å². The van der Waals surface area contributed by atoms with Crippen molar-refractivity contribution < 1.29 is 0 Å². The van der Waals surface area contributed by atoms with E-state index in [1.165, 1.54) is 0 Å². The van der Waals surface area contributed by atoms with Gasteiger partial charge in [-0.25, -0.2) is 9.36 Å². The Morgan fingerprint density at radius 1 is 1.20 bits per heavy atom. The van der Waals surface area contributed by atoms with Gasteiger partial charge in [-0.15, -0.1) is 5.10 Å². The zero-order valence-electron chi connectivity index (χ0n) is 11.8. The third-order valence-electron chi connectivity index (χ3n) is 3.69. The maximum atomic E-state index is 12.0. The van der Waals surface area contributed by atoms with Crippen LogP contribution in [-0.4, -0.2) is 32.7 Å². The fraction of sp³-hybridized carbons (Fsp3) is 0.500. The van der Waals surface area contributed by atoms with Gasteiger partial charge in [-0.3, -0.25) is 4.79 Å². The van der Waals surface area contributed by atoms with Crippen LogP contribution in [0.25, 0.3) is 5.82 Å². The molecule has 2 aromatic rings. The van der Waals surface area contributed by atoms with Crippen molar-refractivity contribution in [3.63, 3.8) is 0 Å². The van der Waals surface area contributed by atoms with E-state index in [4.69, 9.17) is 0 Å². The summed E-state index contributed by atoms with van der Waals surface area (Å²) in [4.78, 5) is 12.0. The van der Waals surface area contributed by atoms with Crippen molar-refractivity contribution in [1.29, 1.82) is 0 Å². The highest BCUT2D eigenvalue weighted by Gasteiger charge is 2.18. The third kappa shape index (κ3) is 2.38. The van der Waals surface area contributed by atoms with Gasteiger partial charge in [-0.2, -0.15) is 5.10 Å². The van der Waals surface area contributed by atoms with Crippen LogP contribution in [0, 0.1) is 13.8 Å². The number of hydrogen-bond donors (Lipinski definition) is 1. The first-order valence-electron chi connectivity index (χ1n) is 6.99. The molecular formula is C14H19N5O. The molecule has 20 heavy (non-hydrogen) atoms. The number of nitrogens with zero attached hydrogens (tertiary/aromatic N) is 4. The van der Waals surface area contributed by atoms with Gasteiger partial charge in [0.25, 0.3) is 5.56 Å². The van der Waals surface area contributed by atoms with Crippen LogP contribution in [0.5, 0.6) is 0 Å². The minimum Gasteiger partial charge on any atom is -0.317 e. The Kier molecular flexibility index (Phi) is 3.40. The van der Waals surface area contributed by atoms with E-state index < -0.39 is 0 Å². The van der Waals surface area contributed by atoms with E-state index in [1.54, 1.807) is 21.5 Å². The predicted molar refractivity (Wildman–Crippen MR) is 76.2 cm³/mol. The molecule has 6 nitrogen and oxygen atoms in total. The first-order chi connectivity index (χ1) is 9.65. The summed E-state index contributed by atoms with van der Waals surface area (Å²) in [6.07, 6.45) is 1.88. The lowest BCUT2D eigenvalue weighted by atomic mass is 10.1. The van der Waals surface area contributed by atoms with Gasteiger partial charge in [0.1, 0.15) is 0 Å². The molecule has 0 bridgehead atoms. The Morgan fingerprint density at radius 3 is 2.60 bits per heavy atom. The Labute approximate surface area is 117 Å². The fourth-order valence-electron chi connectivity index (χ4n) is 2.70. The van der Waals surface area contributed by atoms with Crippen molar-refractivity contribution in [1.82, 2.24) is 24.9 Å². The molecule has 3 rings (SSSR count). The second-order valence-electron chi connectivity index (χ2n) is 5.29.